The standard InChI is InChI=1S/C17H20O3/c18-9-1-2-12-3-4-13-11-17(16(20)15(13)10-12)7-5-14(19)6-8-17/h3-4,9-10,14,19H,1-2,5-8,11H2. The van der Waals surface area contributed by atoms with Crippen molar-refractivity contribution < 1.29 is 14.7 Å². The Balaban J connectivity index is 1.85. The van der Waals surface area contributed by atoms with Gasteiger partial charge < -0.3 is 9.90 Å². The molecule has 0 saturated heterocycles. The minimum atomic E-state index is -0.259. The maximum Gasteiger partial charge on any atom is 0.169 e. The van der Waals surface area contributed by atoms with Crippen LogP contribution in [-0.2, 0) is 17.6 Å². The van der Waals surface area contributed by atoms with Crippen LogP contribution in [0, 0.1) is 5.41 Å². The van der Waals surface area contributed by atoms with Gasteiger partial charge in [0, 0.05) is 17.4 Å². The highest BCUT2D eigenvalue weighted by atomic mass is 16.3. The van der Waals surface area contributed by atoms with Crippen molar-refractivity contribution in [3.8, 4) is 0 Å². The van der Waals surface area contributed by atoms with Gasteiger partial charge in [0.15, 0.2) is 5.78 Å². The molecule has 0 unspecified atom stereocenters. The summed E-state index contributed by atoms with van der Waals surface area (Å²) < 4.78 is 0. The van der Waals surface area contributed by atoms with Crippen LogP contribution in [0.25, 0.3) is 0 Å². The second kappa shape index (κ2) is 5.13. The molecule has 0 aromatic heterocycles. The zero-order valence-electron chi connectivity index (χ0n) is 11.6. The summed E-state index contributed by atoms with van der Waals surface area (Å²) in [4.78, 5) is 23.2. The van der Waals surface area contributed by atoms with Crippen LogP contribution in [0.4, 0.5) is 0 Å². The highest BCUT2D eigenvalue weighted by Crippen LogP contribution is 2.47. The Morgan fingerprint density at radius 2 is 2.05 bits per heavy atom. The zero-order valence-corrected chi connectivity index (χ0v) is 11.6. The highest BCUT2D eigenvalue weighted by Gasteiger charge is 2.46. The molecule has 3 heteroatoms. The molecule has 2 aliphatic rings. The van der Waals surface area contributed by atoms with Crippen molar-refractivity contribution >= 4 is 12.1 Å². The smallest absolute Gasteiger partial charge is 0.169 e. The van der Waals surface area contributed by atoms with Crippen LogP contribution in [0.5, 0.6) is 0 Å². The average molecular weight is 272 g/mol. The summed E-state index contributed by atoms with van der Waals surface area (Å²) in [5.41, 5.74) is 2.80. The Hall–Kier alpha value is -1.48. The molecule has 1 fully saturated rings. The van der Waals surface area contributed by atoms with Crippen molar-refractivity contribution in [3.05, 3.63) is 34.9 Å². The number of carbonyl (C=O) groups excluding carboxylic acids is 2. The number of hydrogen-bond donors (Lipinski definition) is 1. The second-order valence-corrected chi connectivity index (χ2v) is 6.21. The largest absolute Gasteiger partial charge is 0.393 e. The van der Waals surface area contributed by atoms with Crippen molar-refractivity contribution in [1.29, 1.82) is 0 Å². The van der Waals surface area contributed by atoms with E-state index in [1.54, 1.807) is 0 Å². The van der Waals surface area contributed by atoms with E-state index in [-0.39, 0.29) is 17.3 Å². The maximum absolute atomic E-state index is 12.8. The Kier molecular flexibility index (Phi) is 3.47. The van der Waals surface area contributed by atoms with Gasteiger partial charge in [-0.2, -0.15) is 0 Å². The molecule has 2 aliphatic carbocycles. The lowest BCUT2D eigenvalue weighted by Gasteiger charge is -2.33. The summed E-state index contributed by atoms with van der Waals surface area (Å²) in [7, 11) is 0. The van der Waals surface area contributed by atoms with E-state index in [4.69, 9.17) is 0 Å². The zero-order chi connectivity index (χ0) is 14.2. The first-order chi connectivity index (χ1) is 9.64. The summed E-state index contributed by atoms with van der Waals surface area (Å²) in [5, 5.41) is 9.65. The van der Waals surface area contributed by atoms with Gasteiger partial charge in [-0.05, 0) is 55.7 Å². The van der Waals surface area contributed by atoms with Crippen LogP contribution >= 0.6 is 0 Å². The topological polar surface area (TPSA) is 54.4 Å². The van der Waals surface area contributed by atoms with E-state index in [1.807, 2.05) is 18.2 Å². The van der Waals surface area contributed by atoms with Gasteiger partial charge in [-0.1, -0.05) is 12.1 Å². The van der Waals surface area contributed by atoms with Gasteiger partial charge in [-0.3, -0.25) is 4.79 Å². The van der Waals surface area contributed by atoms with Crippen molar-refractivity contribution in [2.24, 2.45) is 5.41 Å². The number of benzene rings is 1. The van der Waals surface area contributed by atoms with Gasteiger partial charge in [-0.15, -0.1) is 0 Å². The molecule has 1 saturated carbocycles. The summed E-state index contributed by atoms with van der Waals surface area (Å²) in [6, 6.07) is 6.06. The quantitative estimate of drug-likeness (QED) is 0.860. The fraction of sp³-hybridized carbons (Fsp3) is 0.529. The lowest BCUT2D eigenvalue weighted by atomic mass is 9.70. The number of ketones is 1. The molecular formula is C17H20O3. The molecule has 20 heavy (non-hydrogen) atoms. The Labute approximate surface area is 119 Å². The third kappa shape index (κ3) is 2.20. The number of rotatable bonds is 3. The SMILES string of the molecule is O=CCCc1ccc2c(c1)C(=O)C1(CCC(O)CC1)C2. The molecule has 1 aromatic carbocycles. The molecule has 0 amide bonds. The second-order valence-electron chi connectivity index (χ2n) is 6.21. The van der Waals surface area contributed by atoms with Gasteiger partial charge in [0.05, 0.1) is 6.10 Å². The summed E-state index contributed by atoms with van der Waals surface area (Å²) in [5.74, 6) is 0.257. The number of Topliss-reactive ketones (excluding diaryl/α,β-unsaturated/α-hetero) is 1. The first-order valence-electron chi connectivity index (χ1n) is 7.43. The minimum Gasteiger partial charge on any atom is -0.393 e. The van der Waals surface area contributed by atoms with Crippen molar-refractivity contribution in [3.63, 3.8) is 0 Å². The van der Waals surface area contributed by atoms with Gasteiger partial charge in [0.1, 0.15) is 6.29 Å². The molecule has 0 aliphatic heterocycles. The number of hydrogen-bond acceptors (Lipinski definition) is 3. The fourth-order valence-corrected chi connectivity index (χ4v) is 3.66. The van der Waals surface area contributed by atoms with Gasteiger partial charge in [0.25, 0.3) is 0 Å². The molecule has 3 rings (SSSR count). The van der Waals surface area contributed by atoms with Crippen LogP contribution in [0.1, 0.15) is 53.6 Å². The molecular weight excluding hydrogens is 252 g/mol. The van der Waals surface area contributed by atoms with Crippen LogP contribution in [0.2, 0.25) is 0 Å². The first kappa shape index (κ1) is 13.5. The molecule has 0 radical (unpaired) electrons. The van der Waals surface area contributed by atoms with E-state index in [2.05, 4.69) is 0 Å². The minimum absolute atomic E-state index is 0.236. The Bertz CT molecular complexity index is 539. The number of aliphatic hydroxyl groups is 1. The Morgan fingerprint density at radius 1 is 1.30 bits per heavy atom. The van der Waals surface area contributed by atoms with Crippen molar-refractivity contribution in [1.82, 2.24) is 0 Å². The van der Waals surface area contributed by atoms with E-state index in [9.17, 15) is 14.7 Å². The highest BCUT2D eigenvalue weighted by molar-refractivity contribution is 6.05. The third-order valence-electron chi connectivity index (χ3n) is 4.89. The summed E-state index contributed by atoms with van der Waals surface area (Å²) >= 11 is 0. The van der Waals surface area contributed by atoms with E-state index >= 15 is 0 Å². The van der Waals surface area contributed by atoms with Crippen molar-refractivity contribution in [2.75, 3.05) is 0 Å². The van der Waals surface area contributed by atoms with E-state index in [0.717, 1.165) is 55.1 Å². The molecule has 0 bridgehead atoms. The van der Waals surface area contributed by atoms with Gasteiger partial charge >= 0.3 is 0 Å². The van der Waals surface area contributed by atoms with Crippen LogP contribution < -0.4 is 0 Å². The number of carbonyl (C=O) groups is 2. The van der Waals surface area contributed by atoms with E-state index in [1.165, 1.54) is 0 Å². The number of fused-ring (bicyclic) bond motifs is 1. The molecule has 1 spiro atoms. The molecule has 0 heterocycles. The summed E-state index contributed by atoms with van der Waals surface area (Å²) in [6.07, 6.45) is 5.77. The Morgan fingerprint density at radius 3 is 2.75 bits per heavy atom. The number of aliphatic hydroxyl groups excluding tert-OH is 1. The fourth-order valence-electron chi connectivity index (χ4n) is 3.66. The van der Waals surface area contributed by atoms with Gasteiger partial charge in [-0.25, -0.2) is 0 Å². The predicted molar refractivity (Wildman–Crippen MR) is 75.8 cm³/mol. The molecule has 106 valence electrons. The van der Waals surface area contributed by atoms with Crippen LogP contribution in [0.3, 0.4) is 0 Å². The third-order valence-corrected chi connectivity index (χ3v) is 4.89. The lowest BCUT2D eigenvalue weighted by molar-refractivity contribution is -0.107. The molecule has 1 N–H and O–H groups in total. The number of aryl methyl sites for hydroxylation is 1. The number of aldehydes is 1. The normalized spacial score (nSPS) is 28.6. The van der Waals surface area contributed by atoms with Crippen LogP contribution in [-0.4, -0.2) is 23.3 Å². The predicted octanol–water partition coefficient (Wildman–Crippen LogP) is 2.48. The van der Waals surface area contributed by atoms with Crippen LogP contribution in [0.15, 0.2) is 18.2 Å². The molecule has 0 atom stereocenters. The molecule has 1 aromatic rings. The van der Waals surface area contributed by atoms with E-state index < -0.39 is 0 Å². The maximum atomic E-state index is 12.8. The first-order valence-corrected chi connectivity index (χ1v) is 7.43. The monoisotopic (exact) mass is 272 g/mol. The molecule has 3 nitrogen and oxygen atoms in total. The van der Waals surface area contributed by atoms with Crippen molar-refractivity contribution in [2.45, 2.75) is 51.0 Å². The van der Waals surface area contributed by atoms with E-state index in [0.29, 0.717) is 12.8 Å². The lowest BCUT2D eigenvalue weighted by Crippen LogP contribution is -2.34. The van der Waals surface area contributed by atoms with Gasteiger partial charge in [0.2, 0.25) is 0 Å². The summed E-state index contributed by atoms with van der Waals surface area (Å²) in [6.45, 7) is 0. The average Bonchev–Trinajstić information content (AvgIpc) is 2.73.